The highest BCUT2D eigenvalue weighted by atomic mass is 16.3. The molecule has 1 rings (SSSR count). The van der Waals surface area contributed by atoms with E-state index in [1.54, 1.807) is 14.0 Å². The molecule has 0 spiro atoms. The van der Waals surface area contributed by atoms with Gasteiger partial charge < -0.3 is 5.11 Å². The molecule has 0 aliphatic carbocycles. The standard InChI is InChI=1S/C10H15NO/c1-10(12,11-2)8-9-6-4-3-5-7-9/h3-7,11-12H,8H2,1-2H3/t10-/m1/s1. The second kappa shape index (κ2) is 3.70. The second-order valence-corrected chi connectivity index (χ2v) is 3.19. The fraction of sp³-hybridized carbons (Fsp3) is 0.400. The molecule has 12 heavy (non-hydrogen) atoms. The van der Waals surface area contributed by atoms with Gasteiger partial charge in [-0.3, -0.25) is 5.32 Å². The van der Waals surface area contributed by atoms with Crippen molar-refractivity contribution in [2.45, 2.75) is 19.1 Å². The highest BCUT2D eigenvalue weighted by Gasteiger charge is 2.16. The van der Waals surface area contributed by atoms with E-state index in [0.717, 1.165) is 5.56 Å². The number of likely N-dealkylation sites (N-methyl/N-ethyl adjacent to an activating group) is 1. The smallest absolute Gasteiger partial charge is 0.117 e. The van der Waals surface area contributed by atoms with E-state index in [1.807, 2.05) is 30.3 Å². The van der Waals surface area contributed by atoms with Crippen LogP contribution < -0.4 is 5.32 Å². The van der Waals surface area contributed by atoms with Crippen molar-refractivity contribution in [3.05, 3.63) is 35.9 Å². The minimum Gasteiger partial charge on any atom is -0.376 e. The number of hydrogen-bond donors (Lipinski definition) is 2. The molecule has 0 aromatic heterocycles. The summed E-state index contributed by atoms with van der Waals surface area (Å²) in [5.41, 5.74) is 0.332. The van der Waals surface area contributed by atoms with Gasteiger partial charge in [0.2, 0.25) is 0 Å². The van der Waals surface area contributed by atoms with Gasteiger partial charge in [-0.2, -0.15) is 0 Å². The van der Waals surface area contributed by atoms with Crippen molar-refractivity contribution >= 4 is 0 Å². The van der Waals surface area contributed by atoms with E-state index in [4.69, 9.17) is 0 Å². The molecule has 0 heterocycles. The van der Waals surface area contributed by atoms with Crippen LogP contribution in [0.4, 0.5) is 0 Å². The van der Waals surface area contributed by atoms with E-state index in [2.05, 4.69) is 5.32 Å². The van der Waals surface area contributed by atoms with Crippen LogP contribution in [0.2, 0.25) is 0 Å². The third-order valence-electron chi connectivity index (χ3n) is 1.93. The van der Waals surface area contributed by atoms with E-state index in [0.29, 0.717) is 6.42 Å². The zero-order valence-electron chi connectivity index (χ0n) is 7.54. The average Bonchev–Trinajstić information content (AvgIpc) is 2.06. The predicted molar refractivity (Wildman–Crippen MR) is 49.8 cm³/mol. The highest BCUT2D eigenvalue weighted by molar-refractivity contribution is 5.16. The fourth-order valence-corrected chi connectivity index (χ4v) is 1.08. The van der Waals surface area contributed by atoms with E-state index >= 15 is 0 Å². The van der Waals surface area contributed by atoms with Crippen molar-refractivity contribution in [2.75, 3.05) is 7.05 Å². The number of hydrogen-bond acceptors (Lipinski definition) is 2. The first-order valence-electron chi connectivity index (χ1n) is 4.09. The second-order valence-electron chi connectivity index (χ2n) is 3.19. The van der Waals surface area contributed by atoms with Crippen molar-refractivity contribution in [1.29, 1.82) is 0 Å². The Bertz CT molecular complexity index is 231. The van der Waals surface area contributed by atoms with Crippen molar-refractivity contribution < 1.29 is 5.11 Å². The average molecular weight is 165 g/mol. The molecule has 66 valence electrons. The number of aliphatic hydroxyl groups is 1. The van der Waals surface area contributed by atoms with Gasteiger partial charge in [-0.25, -0.2) is 0 Å². The van der Waals surface area contributed by atoms with Crippen LogP contribution in [0.1, 0.15) is 12.5 Å². The Morgan fingerprint density at radius 1 is 1.33 bits per heavy atom. The molecule has 0 aliphatic rings. The van der Waals surface area contributed by atoms with Gasteiger partial charge in [0.1, 0.15) is 5.72 Å². The molecule has 1 aromatic carbocycles. The van der Waals surface area contributed by atoms with Gasteiger partial charge in [-0.1, -0.05) is 30.3 Å². The molecule has 0 fully saturated rings. The summed E-state index contributed by atoms with van der Waals surface area (Å²) in [7, 11) is 1.75. The van der Waals surface area contributed by atoms with Crippen LogP contribution in [-0.4, -0.2) is 17.9 Å². The van der Waals surface area contributed by atoms with Crippen LogP contribution in [0.15, 0.2) is 30.3 Å². The van der Waals surface area contributed by atoms with Crippen LogP contribution in [-0.2, 0) is 6.42 Å². The maximum Gasteiger partial charge on any atom is 0.117 e. The van der Waals surface area contributed by atoms with Gasteiger partial charge in [0.05, 0.1) is 0 Å². The Balaban J connectivity index is 2.64. The maximum absolute atomic E-state index is 9.67. The van der Waals surface area contributed by atoms with Gasteiger partial charge in [-0.05, 0) is 19.5 Å². The molecular weight excluding hydrogens is 150 g/mol. The fourth-order valence-electron chi connectivity index (χ4n) is 1.08. The molecule has 0 aliphatic heterocycles. The quantitative estimate of drug-likeness (QED) is 0.659. The Morgan fingerprint density at radius 2 is 1.92 bits per heavy atom. The van der Waals surface area contributed by atoms with Crippen molar-refractivity contribution in [3.8, 4) is 0 Å². The van der Waals surface area contributed by atoms with Crippen molar-refractivity contribution in [1.82, 2.24) is 5.32 Å². The molecule has 1 atom stereocenters. The van der Waals surface area contributed by atoms with Crippen LogP contribution in [0.25, 0.3) is 0 Å². The number of benzene rings is 1. The summed E-state index contributed by atoms with van der Waals surface area (Å²) in [6.07, 6.45) is 0.629. The van der Waals surface area contributed by atoms with Crippen LogP contribution >= 0.6 is 0 Å². The first-order chi connectivity index (χ1) is 5.64. The topological polar surface area (TPSA) is 32.3 Å². The molecule has 2 N–H and O–H groups in total. The first kappa shape index (κ1) is 9.23. The Morgan fingerprint density at radius 3 is 2.42 bits per heavy atom. The molecule has 0 saturated heterocycles. The summed E-state index contributed by atoms with van der Waals surface area (Å²) in [6, 6.07) is 9.93. The molecule has 2 nitrogen and oxygen atoms in total. The normalized spacial score (nSPS) is 15.6. The zero-order valence-corrected chi connectivity index (χ0v) is 7.54. The van der Waals surface area contributed by atoms with Gasteiger partial charge in [0, 0.05) is 6.42 Å². The Labute approximate surface area is 73.2 Å². The summed E-state index contributed by atoms with van der Waals surface area (Å²) in [4.78, 5) is 0. The van der Waals surface area contributed by atoms with Crippen molar-refractivity contribution in [3.63, 3.8) is 0 Å². The lowest BCUT2D eigenvalue weighted by Gasteiger charge is -2.22. The van der Waals surface area contributed by atoms with E-state index in [9.17, 15) is 5.11 Å². The molecule has 2 heteroatoms. The van der Waals surface area contributed by atoms with Crippen LogP contribution in [0.3, 0.4) is 0 Å². The summed E-state index contributed by atoms with van der Waals surface area (Å²) < 4.78 is 0. The molecule has 0 unspecified atom stereocenters. The zero-order chi connectivity index (χ0) is 9.03. The molecule has 1 aromatic rings. The molecule has 0 amide bonds. The van der Waals surface area contributed by atoms with Gasteiger partial charge in [-0.15, -0.1) is 0 Å². The molecule has 0 saturated carbocycles. The van der Waals surface area contributed by atoms with Gasteiger partial charge in [0.15, 0.2) is 0 Å². The summed E-state index contributed by atoms with van der Waals surface area (Å²) in [5, 5.41) is 12.5. The van der Waals surface area contributed by atoms with Crippen molar-refractivity contribution in [2.24, 2.45) is 0 Å². The van der Waals surface area contributed by atoms with Crippen LogP contribution in [0.5, 0.6) is 0 Å². The number of nitrogens with one attached hydrogen (secondary N) is 1. The summed E-state index contributed by atoms with van der Waals surface area (Å²) in [6.45, 7) is 1.76. The van der Waals surface area contributed by atoms with E-state index in [1.165, 1.54) is 0 Å². The molecular formula is C10H15NO. The molecule has 0 radical (unpaired) electrons. The largest absolute Gasteiger partial charge is 0.376 e. The Hall–Kier alpha value is -0.860. The monoisotopic (exact) mass is 165 g/mol. The highest BCUT2D eigenvalue weighted by Crippen LogP contribution is 2.08. The third kappa shape index (κ3) is 2.64. The van der Waals surface area contributed by atoms with Gasteiger partial charge in [0.25, 0.3) is 0 Å². The summed E-state index contributed by atoms with van der Waals surface area (Å²) >= 11 is 0. The van der Waals surface area contributed by atoms with E-state index < -0.39 is 5.72 Å². The predicted octanol–water partition coefficient (Wildman–Crippen LogP) is 1.16. The maximum atomic E-state index is 9.67. The van der Waals surface area contributed by atoms with Crippen LogP contribution in [0, 0.1) is 0 Å². The lowest BCUT2D eigenvalue weighted by molar-refractivity contribution is 0.0326. The lowest BCUT2D eigenvalue weighted by Crippen LogP contribution is -2.41. The first-order valence-corrected chi connectivity index (χ1v) is 4.09. The third-order valence-corrected chi connectivity index (χ3v) is 1.93. The summed E-state index contributed by atoms with van der Waals surface area (Å²) in [5.74, 6) is 0. The van der Waals surface area contributed by atoms with Gasteiger partial charge >= 0.3 is 0 Å². The lowest BCUT2D eigenvalue weighted by atomic mass is 10.0. The van der Waals surface area contributed by atoms with E-state index in [-0.39, 0.29) is 0 Å². The Kier molecular flexibility index (Phi) is 2.84. The minimum atomic E-state index is -0.804. The molecule has 0 bridgehead atoms. The number of rotatable bonds is 3. The minimum absolute atomic E-state index is 0.629. The SMILES string of the molecule is CN[C@](C)(O)Cc1ccccc1.